The van der Waals surface area contributed by atoms with Gasteiger partial charge in [-0.25, -0.2) is 4.79 Å². The smallest absolute Gasteiger partial charge is 0.345 e. The molecule has 0 fully saturated rings. The highest BCUT2D eigenvalue weighted by molar-refractivity contribution is 5.76. The van der Waals surface area contributed by atoms with Gasteiger partial charge < -0.3 is 19.8 Å². The van der Waals surface area contributed by atoms with E-state index in [1.54, 1.807) is 6.92 Å². The second kappa shape index (κ2) is 8.03. The van der Waals surface area contributed by atoms with E-state index in [0.717, 1.165) is 22.8 Å². The number of nitrogens with zero attached hydrogens (tertiary/aromatic N) is 1. The molecule has 1 aliphatic rings. The molecule has 1 aliphatic heterocycles. The van der Waals surface area contributed by atoms with E-state index in [0.29, 0.717) is 38.1 Å². The molecule has 2 heterocycles. The number of carbonyl (C=O) groups is 1. The van der Waals surface area contributed by atoms with E-state index < -0.39 is 0 Å². The molecule has 0 saturated carbocycles. The second-order valence-electron chi connectivity index (χ2n) is 6.37. The van der Waals surface area contributed by atoms with Crippen LogP contribution in [0.3, 0.4) is 0 Å². The lowest BCUT2D eigenvalue weighted by atomic mass is 10.1. The van der Waals surface area contributed by atoms with Gasteiger partial charge in [0.05, 0.1) is 0 Å². The molecule has 1 amide bonds. The minimum absolute atomic E-state index is 0.0351. The van der Waals surface area contributed by atoms with Crippen LogP contribution in [0.1, 0.15) is 29.8 Å². The van der Waals surface area contributed by atoms with E-state index in [1.807, 2.05) is 31.2 Å². The third-order valence-corrected chi connectivity index (χ3v) is 4.41. The summed E-state index contributed by atoms with van der Waals surface area (Å²) in [5, 5.41) is 2.91. The predicted octanol–water partition coefficient (Wildman–Crippen LogP) is 1.67. The normalized spacial score (nSPS) is 15.5. The standard InChI is InChI=1S/C19H23N3O4/c1-12-15(13(2)22-19(24)21-12)7-8-18(23)20-10-9-14-11-25-16-5-3-4-6-17(16)26-14/h3-6,14H,7-11H2,1-2H3,(H,20,23)(H,21,22,24)/t14-/m1/s1. The maximum Gasteiger partial charge on any atom is 0.345 e. The minimum atomic E-state index is -0.357. The summed E-state index contributed by atoms with van der Waals surface area (Å²) in [6, 6.07) is 7.57. The molecule has 7 nitrogen and oxygen atoms in total. The molecule has 26 heavy (non-hydrogen) atoms. The highest BCUT2D eigenvalue weighted by Gasteiger charge is 2.20. The van der Waals surface area contributed by atoms with Gasteiger partial charge in [0.15, 0.2) is 11.5 Å². The number of rotatable bonds is 6. The van der Waals surface area contributed by atoms with Crippen LogP contribution in [0.25, 0.3) is 0 Å². The first-order valence-corrected chi connectivity index (χ1v) is 8.74. The number of carbonyl (C=O) groups excluding carboxylic acids is 1. The lowest BCUT2D eigenvalue weighted by Gasteiger charge is -2.26. The quantitative estimate of drug-likeness (QED) is 0.820. The first-order chi connectivity index (χ1) is 12.5. The average molecular weight is 357 g/mol. The van der Waals surface area contributed by atoms with Crippen molar-refractivity contribution in [3.05, 3.63) is 51.7 Å². The van der Waals surface area contributed by atoms with E-state index in [4.69, 9.17) is 9.47 Å². The largest absolute Gasteiger partial charge is 0.486 e. The molecule has 3 rings (SSSR count). The van der Waals surface area contributed by atoms with Crippen molar-refractivity contribution in [3.8, 4) is 11.5 Å². The molecule has 7 heteroatoms. The zero-order chi connectivity index (χ0) is 18.5. The topological polar surface area (TPSA) is 93.3 Å². The summed E-state index contributed by atoms with van der Waals surface area (Å²) in [5.74, 6) is 1.46. The van der Waals surface area contributed by atoms with Crippen molar-refractivity contribution in [2.45, 2.75) is 39.2 Å². The number of H-pyrrole nitrogens is 1. The van der Waals surface area contributed by atoms with Gasteiger partial charge in [-0.15, -0.1) is 0 Å². The molecule has 1 atom stereocenters. The van der Waals surface area contributed by atoms with Crippen LogP contribution in [0.2, 0.25) is 0 Å². The van der Waals surface area contributed by atoms with Crippen molar-refractivity contribution in [1.82, 2.24) is 15.3 Å². The van der Waals surface area contributed by atoms with Crippen LogP contribution in [-0.4, -0.2) is 35.1 Å². The molecular formula is C19H23N3O4. The third-order valence-electron chi connectivity index (χ3n) is 4.41. The number of hydrogen-bond donors (Lipinski definition) is 2. The van der Waals surface area contributed by atoms with Gasteiger partial charge in [-0.1, -0.05) is 12.1 Å². The van der Waals surface area contributed by atoms with Gasteiger partial charge in [-0.05, 0) is 38.0 Å². The highest BCUT2D eigenvalue weighted by Crippen LogP contribution is 2.31. The molecule has 0 spiro atoms. The van der Waals surface area contributed by atoms with Crippen molar-refractivity contribution in [1.29, 1.82) is 0 Å². The zero-order valence-electron chi connectivity index (χ0n) is 15.0. The summed E-state index contributed by atoms with van der Waals surface area (Å²) < 4.78 is 11.5. The zero-order valence-corrected chi connectivity index (χ0v) is 15.0. The molecule has 0 radical (unpaired) electrons. The van der Waals surface area contributed by atoms with E-state index >= 15 is 0 Å². The molecular weight excluding hydrogens is 334 g/mol. The van der Waals surface area contributed by atoms with Gasteiger partial charge >= 0.3 is 5.69 Å². The van der Waals surface area contributed by atoms with E-state index in [9.17, 15) is 9.59 Å². The Morgan fingerprint density at radius 1 is 1.31 bits per heavy atom. The molecule has 1 aromatic heterocycles. The fourth-order valence-electron chi connectivity index (χ4n) is 3.03. The molecule has 0 bridgehead atoms. The maximum atomic E-state index is 12.1. The number of fused-ring (bicyclic) bond motifs is 1. The van der Waals surface area contributed by atoms with Gasteiger partial charge in [-0.2, -0.15) is 4.98 Å². The van der Waals surface area contributed by atoms with Crippen molar-refractivity contribution in [2.24, 2.45) is 0 Å². The average Bonchev–Trinajstić information content (AvgIpc) is 2.60. The summed E-state index contributed by atoms with van der Waals surface area (Å²) in [4.78, 5) is 29.9. The summed E-state index contributed by atoms with van der Waals surface area (Å²) in [5.41, 5.74) is 2.00. The van der Waals surface area contributed by atoms with Crippen LogP contribution >= 0.6 is 0 Å². The SMILES string of the molecule is Cc1nc(=O)[nH]c(C)c1CCC(=O)NCC[C@@H]1COc2ccccc2O1. The fourth-order valence-corrected chi connectivity index (χ4v) is 3.03. The number of aryl methyl sites for hydroxylation is 2. The van der Waals surface area contributed by atoms with E-state index in [-0.39, 0.29) is 17.7 Å². The Hall–Kier alpha value is -2.83. The van der Waals surface area contributed by atoms with Crippen molar-refractivity contribution >= 4 is 5.91 Å². The highest BCUT2D eigenvalue weighted by atomic mass is 16.6. The number of aromatic nitrogens is 2. The Balaban J connectivity index is 1.42. The summed E-state index contributed by atoms with van der Waals surface area (Å²) >= 11 is 0. The molecule has 0 aliphatic carbocycles. The van der Waals surface area contributed by atoms with Crippen LogP contribution in [0, 0.1) is 13.8 Å². The first-order valence-electron chi connectivity index (χ1n) is 8.74. The third kappa shape index (κ3) is 4.41. The lowest BCUT2D eigenvalue weighted by Crippen LogP contribution is -2.34. The van der Waals surface area contributed by atoms with Crippen LogP contribution in [0.5, 0.6) is 11.5 Å². The molecule has 0 saturated heterocycles. The maximum absolute atomic E-state index is 12.1. The minimum Gasteiger partial charge on any atom is -0.486 e. The molecule has 1 aromatic carbocycles. The molecule has 2 N–H and O–H groups in total. The Bertz CT molecular complexity index is 821. The fraction of sp³-hybridized carbons (Fsp3) is 0.421. The number of nitrogens with one attached hydrogen (secondary N) is 2. The van der Waals surface area contributed by atoms with Gasteiger partial charge in [0.1, 0.15) is 12.7 Å². The van der Waals surface area contributed by atoms with Gasteiger partial charge in [0, 0.05) is 30.8 Å². The second-order valence-corrected chi connectivity index (χ2v) is 6.37. The van der Waals surface area contributed by atoms with Crippen molar-refractivity contribution in [3.63, 3.8) is 0 Å². The predicted molar refractivity (Wildman–Crippen MR) is 96.6 cm³/mol. The van der Waals surface area contributed by atoms with Gasteiger partial charge in [0.2, 0.25) is 5.91 Å². The number of benzene rings is 1. The number of hydrogen-bond acceptors (Lipinski definition) is 5. The Morgan fingerprint density at radius 3 is 2.85 bits per heavy atom. The lowest BCUT2D eigenvalue weighted by molar-refractivity contribution is -0.121. The number of para-hydroxylation sites is 2. The van der Waals surface area contributed by atoms with Gasteiger partial charge in [-0.3, -0.25) is 4.79 Å². The van der Waals surface area contributed by atoms with Crippen LogP contribution in [0.4, 0.5) is 0 Å². The van der Waals surface area contributed by atoms with Crippen molar-refractivity contribution < 1.29 is 14.3 Å². The number of amides is 1. The Labute approximate surface area is 151 Å². The number of aromatic amines is 1. The Kier molecular flexibility index (Phi) is 5.55. The molecule has 138 valence electrons. The monoisotopic (exact) mass is 357 g/mol. The van der Waals surface area contributed by atoms with Crippen LogP contribution in [0.15, 0.2) is 29.1 Å². The van der Waals surface area contributed by atoms with E-state index in [1.165, 1.54) is 0 Å². The van der Waals surface area contributed by atoms with Crippen LogP contribution < -0.4 is 20.5 Å². The Morgan fingerprint density at radius 2 is 2.08 bits per heavy atom. The first kappa shape index (κ1) is 18.0. The molecule has 0 unspecified atom stereocenters. The number of ether oxygens (including phenoxy) is 2. The summed E-state index contributed by atoms with van der Waals surface area (Å²) in [7, 11) is 0. The van der Waals surface area contributed by atoms with E-state index in [2.05, 4.69) is 15.3 Å². The van der Waals surface area contributed by atoms with Crippen molar-refractivity contribution in [2.75, 3.05) is 13.2 Å². The van der Waals surface area contributed by atoms with Gasteiger partial charge in [0.25, 0.3) is 0 Å². The summed E-state index contributed by atoms with van der Waals surface area (Å²) in [6.45, 7) is 4.61. The molecule has 2 aromatic rings. The summed E-state index contributed by atoms with van der Waals surface area (Å²) in [6.07, 6.45) is 1.50. The van der Waals surface area contributed by atoms with Crippen LogP contribution in [-0.2, 0) is 11.2 Å².